The van der Waals surface area contributed by atoms with Gasteiger partial charge in [0.1, 0.15) is 0 Å². The highest BCUT2D eigenvalue weighted by atomic mass is 32.1. The molecule has 1 N–H and O–H groups in total. The average molecular weight is 139 g/mol. The zero-order chi connectivity index (χ0) is 6.10. The van der Waals surface area contributed by atoms with Crippen molar-refractivity contribution < 1.29 is 0 Å². The van der Waals surface area contributed by atoms with Crippen molar-refractivity contribution in [3.63, 3.8) is 0 Å². The van der Waals surface area contributed by atoms with Crippen molar-refractivity contribution >= 4 is 17.6 Å². The Balaban J connectivity index is 2.89. The molecule has 1 aromatic rings. The van der Waals surface area contributed by atoms with E-state index in [4.69, 9.17) is 0 Å². The second-order valence-corrected chi connectivity index (χ2v) is 2.54. The molecule has 0 bridgehead atoms. The maximum atomic E-state index is 4.03. The van der Waals surface area contributed by atoms with E-state index in [2.05, 4.69) is 21.0 Å². The summed E-state index contributed by atoms with van der Waals surface area (Å²) in [6.45, 7) is 0.825. The van der Waals surface area contributed by atoms with E-state index in [9.17, 15) is 0 Å². The number of nitrogens with one attached hydrogen (secondary N) is 1. The fourth-order valence-electron chi connectivity index (χ4n) is 0.739. The van der Waals surface area contributed by atoms with Gasteiger partial charge in [0.15, 0.2) is 4.67 Å². The van der Waals surface area contributed by atoms with Crippen molar-refractivity contribution in [3.8, 4) is 0 Å². The predicted octanol–water partition coefficient (Wildman–Crippen LogP) is -0.939. The van der Waals surface area contributed by atoms with Crippen molar-refractivity contribution in [2.45, 2.75) is 0 Å². The highest BCUT2D eigenvalue weighted by Gasteiger charge is 1.92. The van der Waals surface area contributed by atoms with Gasteiger partial charge < -0.3 is 5.43 Å². The lowest BCUT2D eigenvalue weighted by atomic mass is 10.4. The minimum Gasteiger partial charge on any atom is -0.305 e. The quantitative estimate of drug-likeness (QED) is 0.504. The number of nitrogens with zero attached hydrogens (tertiary/aromatic N) is 2. The topological polar surface area (TPSA) is 37.3 Å². The maximum absolute atomic E-state index is 4.03. The van der Waals surface area contributed by atoms with Gasteiger partial charge in [-0.15, -0.1) is 0 Å². The van der Waals surface area contributed by atoms with Crippen LogP contribution in [0.1, 0.15) is 0 Å². The van der Waals surface area contributed by atoms with Gasteiger partial charge in [-0.1, -0.05) is 6.08 Å². The number of hydrogen-bond acceptors (Lipinski definition) is 4. The third-order valence-electron chi connectivity index (χ3n) is 1.17. The largest absolute Gasteiger partial charge is 0.305 e. The minimum atomic E-state index is 0.825. The minimum absolute atomic E-state index is 0.825. The molecule has 4 heteroatoms. The SMILES string of the molecule is C1=c2cnsc2=NNC1. The maximum Gasteiger partial charge on any atom is 0.162 e. The van der Waals surface area contributed by atoms with Crippen molar-refractivity contribution in [1.82, 2.24) is 9.80 Å². The Morgan fingerprint density at radius 3 is 3.56 bits per heavy atom. The molecule has 0 radical (unpaired) electrons. The third-order valence-corrected chi connectivity index (χ3v) is 1.88. The fourth-order valence-corrected chi connectivity index (χ4v) is 1.35. The summed E-state index contributed by atoms with van der Waals surface area (Å²) in [5.41, 5.74) is 2.87. The van der Waals surface area contributed by atoms with Crippen LogP contribution in [0.3, 0.4) is 0 Å². The smallest absolute Gasteiger partial charge is 0.162 e. The molecule has 0 spiro atoms. The van der Waals surface area contributed by atoms with Gasteiger partial charge >= 0.3 is 0 Å². The van der Waals surface area contributed by atoms with Gasteiger partial charge in [-0.25, -0.2) is 0 Å². The monoisotopic (exact) mass is 139 g/mol. The molecule has 0 unspecified atom stereocenters. The van der Waals surface area contributed by atoms with Crippen LogP contribution in [-0.4, -0.2) is 10.9 Å². The summed E-state index contributed by atoms with van der Waals surface area (Å²) in [6, 6.07) is 0. The highest BCUT2D eigenvalue weighted by molar-refractivity contribution is 7.02. The first-order valence-corrected chi connectivity index (χ1v) is 3.45. The fraction of sp³-hybridized carbons (Fsp3) is 0.200. The molecule has 9 heavy (non-hydrogen) atoms. The van der Waals surface area contributed by atoms with E-state index in [0.29, 0.717) is 0 Å². The van der Waals surface area contributed by atoms with E-state index < -0.39 is 0 Å². The highest BCUT2D eigenvalue weighted by Crippen LogP contribution is 1.75. The second-order valence-electron chi connectivity index (χ2n) is 1.76. The number of aromatic nitrogens is 1. The summed E-state index contributed by atoms with van der Waals surface area (Å²) in [6.07, 6.45) is 3.91. The number of rotatable bonds is 0. The summed E-state index contributed by atoms with van der Waals surface area (Å²) in [5.74, 6) is 0. The van der Waals surface area contributed by atoms with Gasteiger partial charge in [-0.3, -0.25) is 0 Å². The standard InChI is InChI=1S/C5H5N3S/c1-2-6-8-5-4(1)3-7-9-5/h1,3,6H,2H2. The van der Waals surface area contributed by atoms with Gasteiger partial charge in [-0.2, -0.15) is 9.47 Å². The lowest BCUT2D eigenvalue weighted by molar-refractivity contribution is 0.801. The summed E-state index contributed by atoms with van der Waals surface area (Å²) in [7, 11) is 0. The first-order chi connectivity index (χ1) is 4.47. The molecule has 0 atom stereocenters. The first kappa shape index (κ1) is 4.93. The van der Waals surface area contributed by atoms with E-state index in [1.807, 2.05) is 6.20 Å². The predicted molar refractivity (Wildman–Crippen MR) is 35.4 cm³/mol. The van der Waals surface area contributed by atoms with Gasteiger partial charge in [0.2, 0.25) is 0 Å². The van der Waals surface area contributed by atoms with Crippen LogP contribution in [0.2, 0.25) is 0 Å². The summed E-state index contributed by atoms with van der Waals surface area (Å²) in [4.78, 5) is 0. The molecule has 0 fully saturated rings. The van der Waals surface area contributed by atoms with Crippen molar-refractivity contribution in [3.05, 3.63) is 16.1 Å². The molecule has 1 aliphatic heterocycles. The van der Waals surface area contributed by atoms with Crippen LogP contribution in [0.5, 0.6) is 0 Å². The Labute approximate surface area is 55.9 Å². The molecule has 2 rings (SSSR count). The Bertz CT molecular complexity index is 283. The Morgan fingerprint density at radius 2 is 2.67 bits per heavy atom. The number of fused-ring (bicyclic) bond motifs is 1. The molecule has 46 valence electrons. The normalized spacial score (nSPS) is 14.7. The molecule has 1 aromatic heterocycles. The third kappa shape index (κ3) is 0.712. The molecule has 0 aliphatic carbocycles. The zero-order valence-electron chi connectivity index (χ0n) is 4.66. The van der Waals surface area contributed by atoms with E-state index in [-0.39, 0.29) is 0 Å². The van der Waals surface area contributed by atoms with Crippen LogP contribution in [0, 0.1) is 0 Å². The molecule has 0 saturated carbocycles. The Morgan fingerprint density at radius 1 is 1.67 bits per heavy atom. The van der Waals surface area contributed by atoms with Crippen LogP contribution >= 0.6 is 11.5 Å². The van der Waals surface area contributed by atoms with Crippen molar-refractivity contribution in [2.24, 2.45) is 5.10 Å². The van der Waals surface area contributed by atoms with E-state index in [0.717, 1.165) is 16.4 Å². The molecule has 1 aliphatic rings. The van der Waals surface area contributed by atoms with Crippen LogP contribution in [-0.2, 0) is 0 Å². The van der Waals surface area contributed by atoms with Gasteiger partial charge in [0, 0.05) is 5.22 Å². The molecular weight excluding hydrogens is 134 g/mol. The van der Waals surface area contributed by atoms with Crippen LogP contribution in [0.15, 0.2) is 11.3 Å². The summed E-state index contributed by atoms with van der Waals surface area (Å²) < 4.78 is 4.97. The summed E-state index contributed by atoms with van der Waals surface area (Å²) in [5, 5.41) is 5.18. The summed E-state index contributed by atoms with van der Waals surface area (Å²) >= 11 is 1.41. The van der Waals surface area contributed by atoms with Crippen molar-refractivity contribution in [1.29, 1.82) is 0 Å². The van der Waals surface area contributed by atoms with Gasteiger partial charge in [0.05, 0.1) is 12.7 Å². The Hall–Kier alpha value is -0.900. The van der Waals surface area contributed by atoms with Crippen LogP contribution < -0.4 is 15.3 Å². The molecule has 0 amide bonds. The average Bonchev–Trinajstić information content (AvgIpc) is 2.33. The molecule has 0 aromatic carbocycles. The Kier molecular flexibility index (Phi) is 0.989. The van der Waals surface area contributed by atoms with Crippen molar-refractivity contribution in [2.75, 3.05) is 6.54 Å². The van der Waals surface area contributed by atoms with Gasteiger partial charge in [-0.05, 0) is 11.5 Å². The second kappa shape index (κ2) is 1.80. The lowest BCUT2D eigenvalue weighted by Crippen LogP contribution is -2.28. The van der Waals surface area contributed by atoms with E-state index in [1.54, 1.807) is 0 Å². The zero-order valence-corrected chi connectivity index (χ0v) is 5.48. The molecule has 2 heterocycles. The molecule has 3 nitrogen and oxygen atoms in total. The number of hydrogen-bond donors (Lipinski definition) is 1. The molecule has 0 saturated heterocycles. The molecular formula is C5H5N3S. The first-order valence-electron chi connectivity index (χ1n) is 2.68. The van der Waals surface area contributed by atoms with E-state index in [1.165, 1.54) is 11.5 Å². The van der Waals surface area contributed by atoms with Crippen LogP contribution in [0.25, 0.3) is 6.08 Å². The lowest BCUT2D eigenvalue weighted by Gasteiger charge is -1.94. The van der Waals surface area contributed by atoms with E-state index >= 15 is 0 Å². The van der Waals surface area contributed by atoms with Crippen LogP contribution in [0.4, 0.5) is 0 Å². The van der Waals surface area contributed by atoms with Gasteiger partial charge in [0.25, 0.3) is 0 Å².